The van der Waals surface area contributed by atoms with Crippen LogP contribution in [0.2, 0.25) is 0 Å². The summed E-state index contributed by atoms with van der Waals surface area (Å²) in [7, 11) is 3.38. The Morgan fingerprint density at radius 2 is 1.78 bits per heavy atom. The molecule has 0 radical (unpaired) electrons. The van der Waals surface area contributed by atoms with Crippen LogP contribution in [0.3, 0.4) is 0 Å². The van der Waals surface area contributed by atoms with Gasteiger partial charge in [-0.1, -0.05) is 6.92 Å². The maximum absolute atomic E-state index is 14.2. The number of ether oxygens (including phenoxy) is 3. The smallest absolute Gasteiger partial charge is 0.228 e. The molecular formula is C30H35NO10. The normalized spacial score (nSPS) is 33.5. The summed E-state index contributed by atoms with van der Waals surface area (Å²) in [6, 6.07) is 1.93. The molecule has 2 aliphatic carbocycles. The summed E-state index contributed by atoms with van der Waals surface area (Å²) in [5.41, 5.74) is -2.64. The van der Waals surface area contributed by atoms with E-state index >= 15 is 0 Å². The Kier molecular flexibility index (Phi) is 6.31. The molecule has 2 aromatic rings. The van der Waals surface area contributed by atoms with Gasteiger partial charge in [-0.15, -0.1) is 0 Å². The van der Waals surface area contributed by atoms with E-state index in [9.17, 15) is 35.1 Å². The van der Waals surface area contributed by atoms with E-state index in [4.69, 9.17) is 14.2 Å². The maximum atomic E-state index is 14.2. The van der Waals surface area contributed by atoms with Crippen LogP contribution < -0.4 is 4.74 Å². The van der Waals surface area contributed by atoms with Crippen molar-refractivity contribution in [3.05, 3.63) is 51.1 Å². The minimum absolute atomic E-state index is 0.0794. The average Bonchev–Trinajstić information content (AvgIpc) is 2.88. The van der Waals surface area contributed by atoms with Crippen molar-refractivity contribution in [2.75, 3.05) is 20.7 Å². The molecule has 1 saturated heterocycles. The predicted octanol–water partition coefficient (Wildman–Crippen LogP) is 1.65. The monoisotopic (exact) mass is 569 g/mol. The molecular weight excluding hydrogens is 534 g/mol. The number of carbonyl (C=O) groups excluding carboxylic acids is 2. The lowest BCUT2D eigenvalue weighted by Gasteiger charge is -2.53. The number of phenolic OH excluding ortho intramolecular Hbond substituents is 2. The highest BCUT2D eigenvalue weighted by atomic mass is 16.7. The third kappa shape index (κ3) is 3.87. The SMILES string of the molecule is CCCO[C@H]1C[C@@](C)(O)Cc2cc3c(c(O)c21)C(=O)c1c(O)cc2c(c1C3=O)O[C@@H]1O[C@@]2(C)[C@H](O)[C@@H](N(C)C)[C@@H]1O. The molecule has 2 aliphatic heterocycles. The number of hydrogen-bond acceptors (Lipinski definition) is 11. The molecule has 5 N–H and O–H groups in total. The van der Waals surface area contributed by atoms with Crippen LogP contribution in [0.15, 0.2) is 12.1 Å². The molecule has 0 aromatic heterocycles. The van der Waals surface area contributed by atoms with Crippen molar-refractivity contribution in [2.24, 2.45) is 0 Å². The third-order valence-corrected chi connectivity index (χ3v) is 8.89. The third-order valence-electron chi connectivity index (χ3n) is 8.89. The lowest BCUT2D eigenvalue weighted by atomic mass is 9.72. The van der Waals surface area contributed by atoms with Crippen LogP contribution in [0.1, 0.15) is 88.3 Å². The predicted molar refractivity (Wildman–Crippen MR) is 143 cm³/mol. The summed E-state index contributed by atoms with van der Waals surface area (Å²) >= 11 is 0. The maximum Gasteiger partial charge on any atom is 0.228 e. The number of ketones is 2. The van der Waals surface area contributed by atoms with Gasteiger partial charge in [0.25, 0.3) is 0 Å². The van der Waals surface area contributed by atoms with Crippen LogP contribution in [0, 0.1) is 0 Å². The fourth-order valence-corrected chi connectivity index (χ4v) is 6.96. The lowest BCUT2D eigenvalue weighted by molar-refractivity contribution is -0.311. The van der Waals surface area contributed by atoms with Crippen molar-refractivity contribution in [2.45, 2.75) is 81.9 Å². The second kappa shape index (κ2) is 9.22. The number of likely N-dealkylation sites (N-methyl/N-ethyl adjacent to an activating group) is 1. The molecule has 7 atom stereocenters. The summed E-state index contributed by atoms with van der Waals surface area (Å²) in [5, 5.41) is 55.9. The van der Waals surface area contributed by atoms with Gasteiger partial charge in [-0.2, -0.15) is 0 Å². The number of fused-ring (bicyclic) bond motifs is 8. The van der Waals surface area contributed by atoms with E-state index in [0.717, 1.165) is 0 Å². The first-order valence-corrected chi connectivity index (χ1v) is 13.8. The molecule has 0 amide bonds. The molecule has 11 heteroatoms. The topological polar surface area (TPSA) is 166 Å². The molecule has 0 unspecified atom stereocenters. The van der Waals surface area contributed by atoms with Crippen molar-refractivity contribution in [1.29, 1.82) is 0 Å². The first kappa shape index (κ1) is 28.1. The number of aliphatic hydroxyl groups is 3. The summed E-state index contributed by atoms with van der Waals surface area (Å²) in [4.78, 5) is 29.8. The summed E-state index contributed by atoms with van der Waals surface area (Å²) in [5.74, 6) is -2.49. The number of aromatic hydroxyl groups is 2. The Bertz CT molecular complexity index is 1480. The van der Waals surface area contributed by atoms with E-state index in [1.807, 2.05) is 6.92 Å². The molecule has 0 spiro atoms. The van der Waals surface area contributed by atoms with Gasteiger partial charge in [0.2, 0.25) is 12.1 Å². The van der Waals surface area contributed by atoms with Crippen LogP contribution in [-0.2, 0) is 21.5 Å². The first-order valence-electron chi connectivity index (χ1n) is 13.8. The van der Waals surface area contributed by atoms with Crippen molar-refractivity contribution in [1.82, 2.24) is 4.90 Å². The van der Waals surface area contributed by atoms with Gasteiger partial charge in [0.15, 0.2) is 5.78 Å². The van der Waals surface area contributed by atoms with Crippen molar-refractivity contribution in [3.8, 4) is 17.2 Å². The fourth-order valence-electron chi connectivity index (χ4n) is 6.96. The quantitative estimate of drug-likeness (QED) is 0.310. The Hall–Kier alpha value is -3.06. The highest BCUT2D eigenvalue weighted by Gasteiger charge is 2.59. The van der Waals surface area contributed by atoms with Gasteiger partial charge in [0.05, 0.1) is 34.4 Å². The molecule has 6 rings (SSSR count). The minimum Gasteiger partial charge on any atom is -0.507 e. The number of nitrogens with zero attached hydrogens (tertiary/aromatic N) is 1. The fraction of sp³-hybridized carbons (Fsp3) is 0.533. The number of rotatable bonds is 4. The number of carbonyl (C=O) groups is 2. The number of phenols is 2. The van der Waals surface area contributed by atoms with Crippen LogP contribution in [0.25, 0.3) is 0 Å². The van der Waals surface area contributed by atoms with Gasteiger partial charge in [-0.25, -0.2) is 0 Å². The van der Waals surface area contributed by atoms with Gasteiger partial charge in [0, 0.05) is 36.1 Å². The highest BCUT2D eigenvalue weighted by Crippen LogP contribution is 2.54. The number of benzene rings is 2. The Morgan fingerprint density at radius 1 is 1.07 bits per heavy atom. The molecule has 1 fully saturated rings. The summed E-state index contributed by atoms with van der Waals surface area (Å²) in [6.45, 7) is 5.52. The van der Waals surface area contributed by atoms with Crippen LogP contribution in [0.4, 0.5) is 0 Å². The zero-order valence-corrected chi connectivity index (χ0v) is 23.6. The van der Waals surface area contributed by atoms with Gasteiger partial charge in [-0.3, -0.25) is 9.59 Å². The second-order valence-corrected chi connectivity index (χ2v) is 12.2. The van der Waals surface area contributed by atoms with E-state index in [0.29, 0.717) is 24.2 Å². The zero-order valence-electron chi connectivity index (χ0n) is 23.6. The van der Waals surface area contributed by atoms with E-state index in [-0.39, 0.29) is 46.4 Å². The van der Waals surface area contributed by atoms with Crippen molar-refractivity contribution in [3.63, 3.8) is 0 Å². The Balaban J connectivity index is 1.55. The first-order chi connectivity index (χ1) is 19.2. The molecule has 2 heterocycles. The van der Waals surface area contributed by atoms with Crippen molar-refractivity contribution < 1.29 is 49.3 Å². The Labute approximate surface area is 236 Å². The number of aliphatic hydroxyl groups excluding tert-OH is 2. The van der Waals surface area contributed by atoms with Crippen LogP contribution in [0.5, 0.6) is 17.2 Å². The summed E-state index contributed by atoms with van der Waals surface area (Å²) in [6.07, 6.45) is -3.55. The second-order valence-electron chi connectivity index (χ2n) is 12.2. The zero-order chi connectivity index (χ0) is 29.8. The van der Waals surface area contributed by atoms with Crippen LogP contribution in [-0.4, -0.2) is 92.8 Å². The average molecular weight is 570 g/mol. The van der Waals surface area contributed by atoms with Gasteiger partial charge in [0.1, 0.15) is 35.1 Å². The van der Waals surface area contributed by atoms with Gasteiger partial charge in [-0.05, 0) is 52.1 Å². The molecule has 4 aliphatic rings. The van der Waals surface area contributed by atoms with E-state index in [1.165, 1.54) is 12.1 Å². The van der Waals surface area contributed by atoms with E-state index in [2.05, 4.69) is 0 Å². The van der Waals surface area contributed by atoms with Crippen molar-refractivity contribution >= 4 is 11.6 Å². The van der Waals surface area contributed by atoms with Gasteiger partial charge >= 0.3 is 0 Å². The highest BCUT2D eigenvalue weighted by molar-refractivity contribution is 6.31. The summed E-state index contributed by atoms with van der Waals surface area (Å²) < 4.78 is 17.9. The van der Waals surface area contributed by atoms with Crippen LogP contribution >= 0.6 is 0 Å². The molecule has 0 saturated carbocycles. The largest absolute Gasteiger partial charge is 0.507 e. The van der Waals surface area contributed by atoms with E-state index in [1.54, 1.807) is 32.8 Å². The standard InChI is InChI=1S/C30H35NO10/c1-6-7-39-16-11-29(2,38)10-12-8-13-18(23(34)17(12)16)24(35)19-15(32)9-14-26(20(19)22(13)33)40-28-25(36)21(31(4)5)27(37)30(14,3)41-28/h8-9,16,21,25,27-28,32,34,36-38H,6-7,10-11H2,1-5H3/t16-,21-,25-,27+,28+,29-,30+/m0/s1. The molecule has 41 heavy (non-hydrogen) atoms. The molecule has 220 valence electrons. The minimum atomic E-state index is -1.50. The van der Waals surface area contributed by atoms with E-state index < -0.39 is 64.9 Å². The number of hydrogen-bond donors (Lipinski definition) is 5. The Morgan fingerprint density at radius 3 is 2.44 bits per heavy atom. The molecule has 2 bridgehead atoms. The molecule has 11 nitrogen and oxygen atoms in total. The lowest BCUT2D eigenvalue weighted by Crippen LogP contribution is -2.68. The molecule has 2 aromatic carbocycles. The van der Waals surface area contributed by atoms with Gasteiger partial charge < -0.3 is 44.6 Å².